The van der Waals surface area contributed by atoms with Gasteiger partial charge in [-0.15, -0.1) is 0 Å². The summed E-state index contributed by atoms with van der Waals surface area (Å²) in [6.45, 7) is 2.08. The third kappa shape index (κ3) is 3.76. The van der Waals surface area contributed by atoms with Gasteiger partial charge in [0.05, 0.1) is 0 Å². The van der Waals surface area contributed by atoms with Crippen LogP contribution in [0.1, 0.15) is 19.0 Å². The van der Waals surface area contributed by atoms with Crippen LogP contribution in [0, 0.1) is 11.3 Å². The second-order valence-electron chi connectivity index (χ2n) is 3.19. The molecular formula is C10H14N4S. The maximum absolute atomic E-state index is 8.81. The number of anilines is 1. The molecule has 0 aliphatic heterocycles. The Labute approximate surface area is 94.1 Å². The Morgan fingerprint density at radius 1 is 1.53 bits per heavy atom. The molecule has 1 aromatic heterocycles. The Balaban J connectivity index is 2.60. The van der Waals surface area contributed by atoms with Crippen molar-refractivity contribution in [1.82, 2.24) is 9.97 Å². The van der Waals surface area contributed by atoms with Crippen molar-refractivity contribution >= 4 is 17.6 Å². The van der Waals surface area contributed by atoms with E-state index in [0.717, 1.165) is 12.2 Å². The summed E-state index contributed by atoms with van der Waals surface area (Å²) in [6.07, 6.45) is 6.24. The van der Waals surface area contributed by atoms with Crippen LogP contribution in [0.5, 0.6) is 0 Å². The molecule has 0 aromatic carbocycles. The van der Waals surface area contributed by atoms with Crippen LogP contribution < -0.4 is 5.32 Å². The molecule has 0 saturated carbocycles. The Bertz CT molecular complexity index is 348. The highest BCUT2D eigenvalue weighted by Gasteiger charge is 2.07. The Morgan fingerprint density at radius 3 is 2.93 bits per heavy atom. The number of nitrogens with zero attached hydrogens (tertiary/aromatic N) is 3. The van der Waals surface area contributed by atoms with Crippen LogP contribution in [0.4, 0.5) is 5.82 Å². The number of thioether (sulfide) groups is 1. The molecule has 1 rings (SSSR count). The van der Waals surface area contributed by atoms with Gasteiger partial charge in [0, 0.05) is 18.4 Å². The van der Waals surface area contributed by atoms with Gasteiger partial charge in [-0.1, -0.05) is 0 Å². The Kier molecular flexibility index (Phi) is 4.91. The van der Waals surface area contributed by atoms with Crippen LogP contribution in [0.2, 0.25) is 0 Å². The van der Waals surface area contributed by atoms with Gasteiger partial charge in [0.2, 0.25) is 0 Å². The van der Waals surface area contributed by atoms with Crippen molar-refractivity contribution in [3.8, 4) is 6.07 Å². The standard InChI is InChI=1S/C10H14N4S/c1-8(3-6-15-2)14-10-9(7-11)12-4-5-13-10/h4-5,8H,3,6H2,1-2H3,(H,13,14). The smallest absolute Gasteiger partial charge is 0.182 e. The summed E-state index contributed by atoms with van der Waals surface area (Å²) >= 11 is 1.81. The number of nitriles is 1. The molecule has 1 heterocycles. The minimum Gasteiger partial charge on any atom is -0.365 e. The minimum absolute atomic E-state index is 0.307. The molecule has 0 radical (unpaired) electrons. The van der Waals surface area contributed by atoms with Crippen molar-refractivity contribution < 1.29 is 0 Å². The number of nitrogens with one attached hydrogen (secondary N) is 1. The number of hydrogen-bond acceptors (Lipinski definition) is 5. The van der Waals surface area contributed by atoms with Gasteiger partial charge in [-0.2, -0.15) is 17.0 Å². The normalized spacial score (nSPS) is 11.8. The van der Waals surface area contributed by atoms with Crippen molar-refractivity contribution in [3.63, 3.8) is 0 Å². The molecule has 0 amide bonds. The second kappa shape index (κ2) is 6.25. The lowest BCUT2D eigenvalue weighted by atomic mass is 10.2. The molecule has 5 heteroatoms. The quantitative estimate of drug-likeness (QED) is 0.824. The molecule has 1 unspecified atom stereocenters. The summed E-state index contributed by atoms with van der Waals surface area (Å²) in [5.74, 6) is 1.67. The molecule has 0 spiro atoms. The summed E-state index contributed by atoms with van der Waals surface area (Å²) in [4.78, 5) is 8.03. The molecule has 80 valence electrons. The first kappa shape index (κ1) is 11.8. The van der Waals surface area contributed by atoms with Crippen LogP contribution >= 0.6 is 11.8 Å². The summed E-state index contributed by atoms with van der Waals surface area (Å²) in [5.41, 5.74) is 0.355. The zero-order valence-corrected chi connectivity index (χ0v) is 9.71. The SMILES string of the molecule is CSCCC(C)Nc1nccnc1C#N. The Morgan fingerprint density at radius 2 is 2.27 bits per heavy atom. The topological polar surface area (TPSA) is 61.6 Å². The molecule has 1 N–H and O–H groups in total. The zero-order valence-electron chi connectivity index (χ0n) is 8.90. The maximum atomic E-state index is 8.81. The van der Waals surface area contributed by atoms with Crippen LogP contribution in [0.15, 0.2) is 12.4 Å². The Hall–Kier alpha value is -1.28. The molecule has 1 aromatic rings. The fourth-order valence-corrected chi connectivity index (χ4v) is 1.71. The summed E-state index contributed by atoms with van der Waals surface area (Å²) in [6, 6.07) is 2.32. The van der Waals surface area contributed by atoms with Gasteiger partial charge >= 0.3 is 0 Å². The van der Waals surface area contributed by atoms with Crippen LogP contribution in [-0.4, -0.2) is 28.0 Å². The molecule has 0 saturated heterocycles. The van der Waals surface area contributed by atoms with E-state index < -0.39 is 0 Å². The number of hydrogen-bond donors (Lipinski definition) is 1. The third-order valence-electron chi connectivity index (χ3n) is 1.94. The van der Waals surface area contributed by atoms with Crippen molar-refractivity contribution in [2.45, 2.75) is 19.4 Å². The van der Waals surface area contributed by atoms with Crippen molar-refractivity contribution in [2.75, 3.05) is 17.3 Å². The molecule has 0 aliphatic carbocycles. The van der Waals surface area contributed by atoms with E-state index in [1.165, 1.54) is 6.20 Å². The lowest BCUT2D eigenvalue weighted by molar-refractivity contribution is 0.765. The number of aromatic nitrogens is 2. The average Bonchev–Trinajstić information content (AvgIpc) is 2.27. The summed E-state index contributed by atoms with van der Waals surface area (Å²) < 4.78 is 0. The third-order valence-corrected chi connectivity index (χ3v) is 2.59. The van der Waals surface area contributed by atoms with E-state index in [1.807, 2.05) is 17.8 Å². The predicted octanol–water partition coefficient (Wildman–Crippen LogP) is 1.90. The van der Waals surface area contributed by atoms with Crippen LogP contribution in [0.25, 0.3) is 0 Å². The highest BCUT2D eigenvalue weighted by atomic mass is 32.2. The number of rotatable bonds is 5. The lowest BCUT2D eigenvalue weighted by Crippen LogP contribution is -2.18. The molecule has 0 fully saturated rings. The first-order chi connectivity index (χ1) is 7.27. The van der Waals surface area contributed by atoms with Gasteiger partial charge in [-0.05, 0) is 25.4 Å². The van der Waals surface area contributed by atoms with Gasteiger partial charge in [0.15, 0.2) is 11.5 Å². The van der Waals surface area contributed by atoms with E-state index in [1.54, 1.807) is 6.20 Å². The highest BCUT2D eigenvalue weighted by Crippen LogP contribution is 2.10. The maximum Gasteiger partial charge on any atom is 0.182 e. The van der Waals surface area contributed by atoms with E-state index in [9.17, 15) is 0 Å². The molecule has 1 atom stereocenters. The monoisotopic (exact) mass is 222 g/mol. The van der Waals surface area contributed by atoms with E-state index in [4.69, 9.17) is 5.26 Å². The predicted molar refractivity (Wildman–Crippen MR) is 62.8 cm³/mol. The van der Waals surface area contributed by atoms with E-state index >= 15 is 0 Å². The highest BCUT2D eigenvalue weighted by molar-refractivity contribution is 7.98. The second-order valence-corrected chi connectivity index (χ2v) is 4.18. The largest absolute Gasteiger partial charge is 0.365 e. The van der Waals surface area contributed by atoms with E-state index in [0.29, 0.717) is 17.6 Å². The average molecular weight is 222 g/mol. The zero-order chi connectivity index (χ0) is 11.1. The van der Waals surface area contributed by atoms with E-state index in [-0.39, 0.29) is 0 Å². The lowest BCUT2D eigenvalue weighted by Gasteiger charge is -2.13. The van der Waals surface area contributed by atoms with Gasteiger partial charge in [0.25, 0.3) is 0 Å². The van der Waals surface area contributed by atoms with Gasteiger partial charge in [0.1, 0.15) is 6.07 Å². The van der Waals surface area contributed by atoms with Crippen molar-refractivity contribution in [2.24, 2.45) is 0 Å². The minimum atomic E-state index is 0.307. The van der Waals surface area contributed by atoms with Gasteiger partial charge in [-0.25, -0.2) is 9.97 Å². The first-order valence-corrected chi connectivity index (χ1v) is 6.14. The fourth-order valence-electron chi connectivity index (χ4n) is 1.13. The van der Waals surface area contributed by atoms with Crippen LogP contribution in [0.3, 0.4) is 0 Å². The van der Waals surface area contributed by atoms with Crippen LogP contribution in [-0.2, 0) is 0 Å². The van der Waals surface area contributed by atoms with Crippen molar-refractivity contribution in [1.29, 1.82) is 5.26 Å². The summed E-state index contributed by atoms with van der Waals surface area (Å²) in [5, 5.41) is 12.0. The summed E-state index contributed by atoms with van der Waals surface area (Å²) in [7, 11) is 0. The molecular weight excluding hydrogens is 208 g/mol. The van der Waals surface area contributed by atoms with Gasteiger partial charge < -0.3 is 5.32 Å². The first-order valence-electron chi connectivity index (χ1n) is 4.74. The van der Waals surface area contributed by atoms with E-state index in [2.05, 4.69) is 28.5 Å². The van der Waals surface area contributed by atoms with Crippen molar-refractivity contribution in [3.05, 3.63) is 18.1 Å². The molecule has 15 heavy (non-hydrogen) atoms. The molecule has 4 nitrogen and oxygen atoms in total. The molecule has 0 aliphatic rings. The fraction of sp³-hybridized carbons (Fsp3) is 0.500. The van der Waals surface area contributed by atoms with Gasteiger partial charge in [-0.3, -0.25) is 0 Å². The molecule has 0 bridgehead atoms.